The molecule has 0 atom stereocenters. The van der Waals surface area contributed by atoms with E-state index in [0.29, 0.717) is 25.6 Å². The normalized spacial score (nSPS) is 9.80. The number of nitrogens with zero attached hydrogens (tertiary/aromatic N) is 3. The van der Waals surface area contributed by atoms with Crippen molar-refractivity contribution in [1.29, 1.82) is 0 Å². The van der Waals surface area contributed by atoms with Crippen LogP contribution in [0.2, 0.25) is 0 Å². The molecule has 2 aromatic rings. The van der Waals surface area contributed by atoms with Crippen LogP contribution in [0, 0.1) is 0 Å². The first-order valence-electron chi connectivity index (χ1n) is 6.26. The maximum atomic E-state index is 11.5. The van der Waals surface area contributed by atoms with Crippen molar-refractivity contribution < 1.29 is 4.79 Å². The van der Waals surface area contributed by atoms with Gasteiger partial charge in [-0.25, -0.2) is 14.8 Å². The molecule has 7 nitrogen and oxygen atoms in total. The minimum atomic E-state index is -0.211. The first-order valence-corrected chi connectivity index (χ1v) is 6.26. The van der Waals surface area contributed by atoms with Crippen molar-refractivity contribution in [3.63, 3.8) is 0 Å². The highest BCUT2D eigenvalue weighted by Crippen LogP contribution is 1.94. The van der Waals surface area contributed by atoms with Crippen LogP contribution in [0.4, 0.5) is 10.7 Å². The predicted molar refractivity (Wildman–Crippen MR) is 75.0 cm³/mol. The Balaban J connectivity index is 1.59. The van der Waals surface area contributed by atoms with E-state index in [1.165, 1.54) is 0 Å². The van der Waals surface area contributed by atoms with E-state index >= 15 is 0 Å². The average Bonchev–Trinajstić information content (AvgIpc) is 2.52. The van der Waals surface area contributed by atoms with Crippen molar-refractivity contribution in [2.24, 2.45) is 0 Å². The molecule has 0 aromatic carbocycles. The number of carbonyl (C=O) groups is 1. The van der Waals surface area contributed by atoms with Gasteiger partial charge in [0.25, 0.3) is 0 Å². The number of carbonyl (C=O) groups excluding carboxylic acids is 1. The summed E-state index contributed by atoms with van der Waals surface area (Å²) in [6, 6.07) is 5.25. The minimum Gasteiger partial charge on any atom is -0.352 e. The molecule has 0 saturated carbocycles. The Bertz CT molecular complexity index is 519. The Labute approximate surface area is 116 Å². The summed E-state index contributed by atoms with van der Waals surface area (Å²) >= 11 is 0. The summed E-state index contributed by atoms with van der Waals surface area (Å²) in [5.41, 5.74) is 1.01. The number of urea groups is 1. The van der Waals surface area contributed by atoms with Crippen LogP contribution in [0.1, 0.15) is 5.56 Å². The van der Waals surface area contributed by atoms with Gasteiger partial charge in [0, 0.05) is 44.4 Å². The van der Waals surface area contributed by atoms with Crippen molar-refractivity contribution in [3.8, 4) is 0 Å². The van der Waals surface area contributed by atoms with Crippen LogP contribution in [0.25, 0.3) is 0 Å². The summed E-state index contributed by atoms with van der Waals surface area (Å²) in [4.78, 5) is 23.5. The summed E-state index contributed by atoms with van der Waals surface area (Å²) in [6.07, 6.45) is 6.70. The van der Waals surface area contributed by atoms with Crippen molar-refractivity contribution in [1.82, 2.24) is 25.6 Å². The number of amides is 2. The van der Waals surface area contributed by atoms with E-state index in [2.05, 4.69) is 30.9 Å². The number of rotatable bonds is 6. The van der Waals surface area contributed by atoms with Crippen molar-refractivity contribution in [2.75, 3.05) is 18.4 Å². The Morgan fingerprint density at radius 3 is 2.50 bits per heavy atom. The highest BCUT2D eigenvalue weighted by Gasteiger charge is 1.99. The zero-order valence-electron chi connectivity index (χ0n) is 10.9. The number of pyridine rings is 1. The van der Waals surface area contributed by atoms with Crippen LogP contribution in [-0.2, 0) is 6.54 Å². The van der Waals surface area contributed by atoms with Gasteiger partial charge in [0.15, 0.2) is 0 Å². The third-order valence-electron chi connectivity index (χ3n) is 2.46. The second-order valence-electron chi connectivity index (χ2n) is 3.96. The standard InChI is InChI=1S/C13H16N6O/c20-13(19-10-11-2-6-14-7-3-11)18-9-8-17-12-15-4-1-5-16-12/h1-7H,8-10H2,(H,15,16,17)(H2,18,19,20). The van der Waals surface area contributed by atoms with Gasteiger partial charge < -0.3 is 16.0 Å². The fraction of sp³-hybridized carbons (Fsp3) is 0.231. The van der Waals surface area contributed by atoms with E-state index < -0.39 is 0 Å². The highest BCUT2D eigenvalue weighted by molar-refractivity contribution is 5.73. The summed E-state index contributed by atoms with van der Waals surface area (Å²) in [5.74, 6) is 0.548. The molecular formula is C13H16N6O. The molecule has 2 heterocycles. The summed E-state index contributed by atoms with van der Waals surface area (Å²) in [7, 11) is 0. The Kier molecular flexibility index (Phi) is 5.27. The number of hydrogen-bond acceptors (Lipinski definition) is 5. The smallest absolute Gasteiger partial charge is 0.315 e. The van der Waals surface area contributed by atoms with Crippen LogP contribution in [0.15, 0.2) is 43.0 Å². The second kappa shape index (κ2) is 7.67. The lowest BCUT2D eigenvalue weighted by Crippen LogP contribution is -2.37. The zero-order chi connectivity index (χ0) is 14.0. The lowest BCUT2D eigenvalue weighted by atomic mass is 10.3. The molecule has 0 radical (unpaired) electrons. The van der Waals surface area contributed by atoms with Gasteiger partial charge >= 0.3 is 6.03 Å². The average molecular weight is 272 g/mol. The van der Waals surface area contributed by atoms with E-state index in [9.17, 15) is 4.79 Å². The fourth-order valence-corrected chi connectivity index (χ4v) is 1.49. The first-order chi connectivity index (χ1) is 9.84. The SMILES string of the molecule is O=C(NCCNc1ncccn1)NCc1ccncc1. The lowest BCUT2D eigenvalue weighted by molar-refractivity contribution is 0.241. The molecule has 2 amide bonds. The first kappa shape index (κ1) is 13.7. The number of hydrogen-bond donors (Lipinski definition) is 3. The van der Waals surface area contributed by atoms with E-state index in [0.717, 1.165) is 5.56 Å². The highest BCUT2D eigenvalue weighted by atomic mass is 16.2. The summed E-state index contributed by atoms with van der Waals surface area (Å²) in [5, 5.41) is 8.50. The quantitative estimate of drug-likeness (QED) is 0.676. The molecule has 0 aliphatic carbocycles. The minimum absolute atomic E-state index is 0.211. The monoisotopic (exact) mass is 272 g/mol. The Morgan fingerprint density at radius 2 is 1.75 bits per heavy atom. The molecule has 3 N–H and O–H groups in total. The molecule has 104 valence electrons. The van der Waals surface area contributed by atoms with Gasteiger partial charge in [0.2, 0.25) is 5.95 Å². The molecule has 2 aromatic heterocycles. The van der Waals surface area contributed by atoms with E-state index in [1.54, 1.807) is 30.9 Å². The predicted octanol–water partition coefficient (Wildman–Crippen LogP) is 0.783. The molecule has 20 heavy (non-hydrogen) atoms. The molecule has 0 spiro atoms. The van der Waals surface area contributed by atoms with Gasteiger partial charge in [-0.1, -0.05) is 0 Å². The van der Waals surface area contributed by atoms with Crippen molar-refractivity contribution >= 4 is 12.0 Å². The zero-order valence-corrected chi connectivity index (χ0v) is 10.9. The largest absolute Gasteiger partial charge is 0.352 e. The molecular weight excluding hydrogens is 256 g/mol. The van der Waals surface area contributed by atoms with Gasteiger partial charge in [0.05, 0.1) is 0 Å². The third-order valence-corrected chi connectivity index (χ3v) is 2.46. The van der Waals surface area contributed by atoms with Gasteiger partial charge in [-0.15, -0.1) is 0 Å². The van der Waals surface area contributed by atoms with Gasteiger partial charge in [-0.05, 0) is 23.8 Å². The Hall–Kier alpha value is -2.70. The molecule has 7 heteroatoms. The van der Waals surface area contributed by atoms with Crippen LogP contribution < -0.4 is 16.0 Å². The van der Waals surface area contributed by atoms with Gasteiger partial charge in [0.1, 0.15) is 0 Å². The number of anilines is 1. The Morgan fingerprint density at radius 1 is 1.00 bits per heavy atom. The van der Waals surface area contributed by atoms with Crippen molar-refractivity contribution in [2.45, 2.75) is 6.54 Å². The van der Waals surface area contributed by atoms with Gasteiger partial charge in [-0.3, -0.25) is 4.98 Å². The van der Waals surface area contributed by atoms with Gasteiger partial charge in [-0.2, -0.15) is 0 Å². The van der Waals surface area contributed by atoms with Crippen molar-refractivity contribution in [3.05, 3.63) is 48.5 Å². The maximum Gasteiger partial charge on any atom is 0.315 e. The third kappa shape index (κ3) is 4.89. The summed E-state index contributed by atoms with van der Waals surface area (Å²) in [6.45, 7) is 1.52. The topological polar surface area (TPSA) is 91.8 Å². The molecule has 2 rings (SSSR count). The molecule has 0 unspecified atom stereocenters. The summed E-state index contributed by atoms with van der Waals surface area (Å²) < 4.78 is 0. The lowest BCUT2D eigenvalue weighted by Gasteiger charge is -2.08. The van der Waals surface area contributed by atoms with E-state index in [1.807, 2.05) is 12.1 Å². The molecule has 0 saturated heterocycles. The molecule has 0 aliphatic rings. The van der Waals surface area contributed by atoms with Crippen LogP contribution in [0.5, 0.6) is 0 Å². The van der Waals surface area contributed by atoms with E-state index in [4.69, 9.17) is 0 Å². The molecule has 0 aliphatic heterocycles. The molecule has 0 bridgehead atoms. The maximum absolute atomic E-state index is 11.5. The second-order valence-corrected chi connectivity index (χ2v) is 3.96. The van der Waals surface area contributed by atoms with Crippen LogP contribution in [0.3, 0.4) is 0 Å². The van der Waals surface area contributed by atoms with Crippen LogP contribution in [-0.4, -0.2) is 34.1 Å². The number of aromatic nitrogens is 3. The van der Waals surface area contributed by atoms with E-state index in [-0.39, 0.29) is 6.03 Å². The van der Waals surface area contributed by atoms with Crippen LogP contribution >= 0.6 is 0 Å². The fourth-order valence-electron chi connectivity index (χ4n) is 1.49. The molecule has 0 fully saturated rings. The number of nitrogens with one attached hydrogen (secondary N) is 3.